The Hall–Kier alpha value is -1.63. The fraction of sp³-hybridized carbons (Fsp3) is 0.316. The molecular formula is C19H19NO3S2. The van der Waals surface area contributed by atoms with Crippen molar-refractivity contribution in [3.63, 3.8) is 0 Å². The van der Waals surface area contributed by atoms with Crippen LogP contribution in [0.5, 0.6) is 0 Å². The number of nitrogens with zero attached hydrogens (tertiary/aromatic N) is 1. The zero-order valence-corrected chi connectivity index (χ0v) is 15.4. The molecule has 0 aromatic heterocycles. The van der Waals surface area contributed by atoms with E-state index in [1.165, 1.54) is 11.8 Å². The zero-order valence-electron chi connectivity index (χ0n) is 13.8. The third-order valence-electron chi connectivity index (χ3n) is 4.74. The number of rotatable bonds is 2. The Labute approximate surface area is 152 Å². The van der Waals surface area contributed by atoms with Gasteiger partial charge in [-0.3, -0.25) is 4.79 Å². The number of carbonyl (C=O) groups excluding carboxylic acids is 1. The normalized spacial score (nSPS) is 18.3. The summed E-state index contributed by atoms with van der Waals surface area (Å²) in [4.78, 5) is 14.7. The number of fused-ring (bicyclic) bond motifs is 2. The van der Waals surface area contributed by atoms with Crippen LogP contribution in [-0.2, 0) is 16.4 Å². The molecule has 1 fully saturated rings. The van der Waals surface area contributed by atoms with Crippen LogP contribution in [0.1, 0.15) is 35.2 Å². The van der Waals surface area contributed by atoms with E-state index in [-0.39, 0.29) is 12.2 Å². The lowest BCUT2D eigenvalue weighted by Crippen LogP contribution is -2.35. The Morgan fingerprint density at radius 3 is 2.48 bits per heavy atom. The van der Waals surface area contributed by atoms with Crippen molar-refractivity contribution in [3.05, 3.63) is 53.6 Å². The first-order valence-corrected chi connectivity index (χ1v) is 10.7. The second-order valence-corrected chi connectivity index (χ2v) is 9.45. The molecule has 0 N–H and O–H groups in total. The van der Waals surface area contributed by atoms with Crippen LogP contribution in [0.4, 0.5) is 0 Å². The van der Waals surface area contributed by atoms with Crippen molar-refractivity contribution in [2.24, 2.45) is 0 Å². The van der Waals surface area contributed by atoms with E-state index in [4.69, 9.17) is 0 Å². The van der Waals surface area contributed by atoms with Crippen LogP contribution >= 0.6 is 11.8 Å². The number of benzene rings is 2. The molecule has 1 saturated heterocycles. The summed E-state index contributed by atoms with van der Waals surface area (Å²) in [7, 11) is -3.48. The Morgan fingerprint density at radius 1 is 0.920 bits per heavy atom. The molecule has 0 atom stereocenters. The molecule has 0 amide bonds. The fourth-order valence-electron chi connectivity index (χ4n) is 3.38. The molecule has 0 unspecified atom stereocenters. The average molecular weight is 373 g/mol. The lowest BCUT2D eigenvalue weighted by Gasteiger charge is -2.26. The Kier molecular flexibility index (Phi) is 4.43. The van der Waals surface area contributed by atoms with Gasteiger partial charge >= 0.3 is 0 Å². The van der Waals surface area contributed by atoms with Crippen LogP contribution in [0.25, 0.3) is 0 Å². The molecule has 0 spiro atoms. The first-order chi connectivity index (χ1) is 12.1. The molecule has 2 aromatic rings. The lowest BCUT2D eigenvalue weighted by molar-refractivity contribution is 0.0990. The van der Waals surface area contributed by atoms with E-state index in [1.54, 1.807) is 16.4 Å². The van der Waals surface area contributed by atoms with Crippen molar-refractivity contribution in [2.45, 2.75) is 40.4 Å². The Balaban J connectivity index is 1.72. The van der Waals surface area contributed by atoms with E-state index in [0.29, 0.717) is 23.5 Å². The standard InChI is InChI=1S/C19H19NO3S2/c21-17-13-14-12-15(25(22,23)20-10-4-1-5-11-20)8-9-18(14)24-19-7-3-2-6-16(17)19/h2-3,6-9,12H,1,4-5,10-11,13H2. The molecule has 2 aliphatic heterocycles. The molecule has 25 heavy (non-hydrogen) atoms. The highest BCUT2D eigenvalue weighted by Gasteiger charge is 2.28. The maximum atomic E-state index is 12.9. The highest BCUT2D eigenvalue weighted by molar-refractivity contribution is 7.99. The molecule has 130 valence electrons. The number of hydrogen-bond acceptors (Lipinski definition) is 4. The lowest BCUT2D eigenvalue weighted by atomic mass is 10.0. The molecule has 2 aromatic carbocycles. The first kappa shape index (κ1) is 16.8. The number of Topliss-reactive ketones (excluding diaryl/α,β-unsaturated/α-hetero) is 1. The van der Waals surface area contributed by atoms with Gasteiger partial charge in [-0.2, -0.15) is 4.31 Å². The third kappa shape index (κ3) is 3.14. The summed E-state index contributed by atoms with van der Waals surface area (Å²) in [6, 6.07) is 12.8. The van der Waals surface area contributed by atoms with E-state index >= 15 is 0 Å². The third-order valence-corrected chi connectivity index (χ3v) is 7.83. The molecule has 0 radical (unpaired) electrons. The smallest absolute Gasteiger partial charge is 0.243 e. The van der Waals surface area contributed by atoms with Gasteiger partial charge < -0.3 is 0 Å². The maximum Gasteiger partial charge on any atom is 0.243 e. The van der Waals surface area contributed by atoms with Crippen LogP contribution < -0.4 is 0 Å². The second kappa shape index (κ2) is 6.59. The Bertz CT molecular complexity index is 931. The van der Waals surface area contributed by atoms with E-state index < -0.39 is 10.0 Å². The summed E-state index contributed by atoms with van der Waals surface area (Å²) in [5, 5.41) is 0. The average Bonchev–Trinajstić information content (AvgIpc) is 2.78. The Morgan fingerprint density at radius 2 is 1.68 bits per heavy atom. The predicted octanol–water partition coefficient (Wildman–Crippen LogP) is 3.75. The van der Waals surface area contributed by atoms with Crippen molar-refractivity contribution in [1.29, 1.82) is 0 Å². The first-order valence-electron chi connectivity index (χ1n) is 8.49. The van der Waals surface area contributed by atoms with Gasteiger partial charge in [-0.1, -0.05) is 36.4 Å². The van der Waals surface area contributed by atoms with Gasteiger partial charge in [0.1, 0.15) is 0 Å². The topological polar surface area (TPSA) is 54.5 Å². The molecular weight excluding hydrogens is 354 g/mol. The number of ketones is 1. The number of sulfonamides is 1. The van der Waals surface area contributed by atoms with Crippen LogP contribution in [0.3, 0.4) is 0 Å². The van der Waals surface area contributed by atoms with Crippen LogP contribution in [-0.4, -0.2) is 31.6 Å². The number of piperidine rings is 1. The van der Waals surface area contributed by atoms with Crippen molar-refractivity contribution in [1.82, 2.24) is 4.31 Å². The van der Waals surface area contributed by atoms with Gasteiger partial charge in [-0.15, -0.1) is 0 Å². The van der Waals surface area contributed by atoms with Gasteiger partial charge in [-0.05, 0) is 42.7 Å². The van der Waals surface area contributed by atoms with Crippen LogP contribution in [0.15, 0.2) is 57.2 Å². The van der Waals surface area contributed by atoms with Crippen molar-refractivity contribution < 1.29 is 13.2 Å². The molecule has 6 heteroatoms. The van der Waals surface area contributed by atoms with Gasteiger partial charge in [0.05, 0.1) is 4.90 Å². The van der Waals surface area contributed by atoms with Crippen molar-refractivity contribution >= 4 is 27.6 Å². The van der Waals surface area contributed by atoms with Gasteiger partial charge in [0.2, 0.25) is 10.0 Å². The van der Waals surface area contributed by atoms with Gasteiger partial charge in [-0.25, -0.2) is 8.42 Å². The SMILES string of the molecule is O=C1Cc2cc(S(=O)(=O)N3CCCCC3)ccc2Sc2ccccc21. The molecule has 0 bridgehead atoms. The van der Waals surface area contributed by atoms with E-state index in [1.807, 2.05) is 30.3 Å². The quantitative estimate of drug-likeness (QED) is 0.804. The predicted molar refractivity (Wildman–Crippen MR) is 97.7 cm³/mol. The van der Waals surface area contributed by atoms with Gasteiger partial charge in [0.15, 0.2) is 5.78 Å². The maximum absolute atomic E-state index is 12.9. The largest absolute Gasteiger partial charge is 0.294 e. The number of carbonyl (C=O) groups is 1. The van der Waals surface area contributed by atoms with Crippen molar-refractivity contribution in [3.8, 4) is 0 Å². The molecule has 4 rings (SSSR count). The summed E-state index contributed by atoms with van der Waals surface area (Å²) in [5.74, 6) is 0.0365. The monoisotopic (exact) mass is 373 g/mol. The van der Waals surface area contributed by atoms with Gasteiger partial charge in [0.25, 0.3) is 0 Å². The van der Waals surface area contributed by atoms with E-state index in [9.17, 15) is 13.2 Å². The van der Waals surface area contributed by atoms with E-state index in [0.717, 1.165) is 34.6 Å². The van der Waals surface area contributed by atoms with Gasteiger partial charge in [0, 0.05) is 34.9 Å². The van der Waals surface area contributed by atoms with Crippen LogP contribution in [0.2, 0.25) is 0 Å². The summed E-state index contributed by atoms with van der Waals surface area (Å²) < 4.78 is 27.4. The summed E-state index contributed by atoms with van der Waals surface area (Å²) in [6.45, 7) is 1.16. The summed E-state index contributed by atoms with van der Waals surface area (Å²) in [5.41, 5.74) is 1.51. The highest BCUT2D eigenvalue weighted by atomic mass is 32.2. The fourth-order valence-corrected chi connectivity index (χ4v) is 6.02. The van der Waals surface area contributed by atoms with Crippen molar-refractivity contribution in [2.75, 3.05) is 13.1 Å². The zero-order chi connectivity index (χ0) is 17.4. The summed E-state index contributed by atoms with van der Waals surface area (Å²) in [6.07, 6.45) is 3.14. The van der Waals surface area contributed by atoms with E-state index in [2.05, 4.69) is 0 Å². The molecule has 4 nitrogen and oxygen atoms in total. The second-order valence-electron chi connectivity index (χ2n) is 6.43. The molecule has 0 saturated carbocycles. The minimum absolute atomic E-state index is 0.0365. The molecule has 2 aliphatic rings. The minimum Gasteiger partial charge on any atom is -0.294 e. The molecule has 2 heterocycles. The highest BCUT2D eigenvalue weighted by Crippen LogP contribution is 2.38. The molecule has 0 aliphatic carbocycles. The minimum atomic E-state index is -3.48. The summed E-state index contributed by atoms with van der Waals surface area (Å²) >= 11 is 1.53. The number of hydrogen-bond donors (Lipinski definition) is 0. The van der Waals surface area contributed by atoms with Crippen LogP contribution in [0, 0.1) is 0 Å².